The maximum absolute atomic E-state index is 13.3. The second-order valence-electron chi connectivity index (χ2n) is 9.91. The van der Waals surface area contributed by atoms with Crippen molar-refractivity contribution < 1.29 is 9.59 Å². The first-order valence-corrected chi connectivity index (χ1v) is 12.3. The molecule has 182 valence electrons. The highest BCUT2D eigenvalue weighted by molar-refractivity contribution is 6.31. The van der Waals surface area contributed by atoms with Crippen LogP contribution in [-0.2, 0) is 4.79 Å². The number of benzene rings is 1. The van der Waals surface area contributed by atoms with E-state index in [2.05, 4.69) is 22.2 Å². The Morgan fingerprint density at radius 2 is 1.64 bits per heavy atom. The fourth-order valence-corrected chi connectivity index (χ4v) is 5.43. The van der Waals surface area contributed by atoms with E-state index in [1.807, 2.05) is 30.9 Å². The number of carbonyl (C=O) groups excluding carboxylic acids is 2. The molecule has 2 aliphatic heterocycles. The van der Waals surface area contributed by atoms with Gasteiger partial charge in [0.25, 0.3) is 5.91 Å². The lowest BCUT2D eigenvalue weighted by Gasteiger charge is -2.40. The third-order valence-electron chi connectivity index (χ3n) is 7.33. The summed E-state index contributed by atoms with van der Waals surface area (Å²) in [4.78, 5) is 33.8. The Hall–Kier alpha value is -1.76. The van der Waals surface area contributed by atoms with Crippen LogP contribution >= 0.6 is 24.0 Å². The van der Waals surface area contributed by atoms with E-state index in [-0.39, 0.29) is 30.1 Å². The summed E-state index contributed by atoms with van der Waals surface area (Å²) in [6.45, 7) is 7.92. The van der Waals surface area contributed by atoms with Crippen LogP contribution in [0.15, 0.2) is 24.3 Å². The highest BCUT2D eigenvalue weighted by atomic mass is 35.5. The number of hydrogen-bond donors (Lipinski definition) is 2. The van der Waals surface area contributed by atoms with Crippen LogP contribution in [0.4, 0.5) is 0 Å². The summed E-state index contributed by atoms with van der Waals surface area (Å²) in [6.07, 6.45) is 4.69. The van der Waals surface area contributed by atoms with E-state index in [0.29, 0.717) is 10.7 Å². The van der Waals surface area contributed by atoms with Crippen molar-refractivity contribution in [2.24, 2.45) is 17.8 Å². The van der Waals surface area contributed by atoms with Gasteiger partial charge in [-0.3, -0.25) is 9.59 Å². The summed E-state index contributed by atoms with van der Waals surface area (Å²) in [5.74, 6) is 1.30. The molecule has 3 heterocycles. The molecule has 2 saturated heterocycles. The minimum atomic E-state index is -0.530. The predicted molar refractivity (Wildman–Crippen MR) is 136 cm³/mol. The number of H-pyrrole nitrogens is 1. The molecular weight excluding hydrogens is 459 g/mol. The van der Waals surface area contributed by atoms with Gasteiger partial charge in [0.2, 0.25) is 5.91 Å². The Kier molecular flexibility index (Phi) is 8.70. The molecule has 6 nitrogen and oxygen atoms in total. The number of aromatic nitrogens is 1. The van der Waals surface area contributed by atoms with Gasteiger partial charge in [-0.2, -0.15) is 0 Å². The number of nitrogens with one attached hydrogen (secondary N) is 2. The Morgan fingerprint density at radius 1 is 1.03 bits per heavy atom. The number of carbonyl (C=O) groups is 2. The molecule has 1 atom stereocenters. The Morgan fingerprint density at radius 3 is 2.24 bits per heavy atom. The van der Waals surface area contributed by atoms with Crippen molar-refractivity contribution in [3.8, 4) is 0 Å². The molecule has 0 radical (unpaired) electrons. The summed E-state index contributed by atoms with van der Waals surface area (Å²) >= 11 is 6.06. The normalized spacial score (nSPS) is 19.5. The maximum Gasteiger partial charge on any atom is 0.268 e. The predicted octanol–water partition coefficient (Wildman–Crippen LogP) is 4.58. The van der Waals surface area contributed by atoms with Gasteiger partial charge in [0.05, 0.1) is 0 Å². The SMILES string of the molecule is CC(C)[C@@H](NC(=O)c1cc2cc(Cl)ccc2[nH]1)C(=O)N1CCC(C2CCN(C)CC2)CC1.Cl. The van der Waals surface area contributed by atoms with Crippen molar-refractivity contribution >= 4 is 46.7 Å². The average Bonchev–Trinajstić information content (AvgIpc) is 3.21. The van der Waals surface area contributed by atoms with E-state index in [4.69, 9.17) is 11.6 Å². The van der Waals surface area contributed by atoms with Gasteiger partial charge in [0.1, 0.15) is 11.7 Å². The van der Waals surface area contributed by atoms with Crippen molar-refractivity contribution in [1.29, 1.82) is 0 Å². The number of piperidine rings is 2. The van der Waals surface area contributed by atoms with Crippen LogP contribution in [0.1, 0.15) is 50.0 Å². The molecule has 1 aromatic carbocycles. The molecule has 0 spiro atoms. The zero-order valence-corrected chi connectivity index (χ0v) is 21.3. The molecule has 1 aromatic heterocycles. The molecule has 2 aliphatic rings. The summed E-state index contributed by atoms with van der Waals surface area (Å²) in [7, 11) is 2.20. The first-order chi connectivity index (χ1) is 15.3. The van der Waals surface area contributed by atoms with Gasteiger partial charge >= 0.3 is 0 Å². The Balaban J connectivity index is 0.00000306. The molecule has 0 unspecified atom stereocenters. The average molecular weight is 495 g/mol. The molecule has 2 N–H and O–H groups in total. The first-order valence-electron chi connectivity index (χ1n) is 11.9. The number of likely N-dealkylation sites (tertiary alicyclic amines) is 2. The quantitative estimate of drug-likeness (QED) is 0.638. The lowest BCUT2D eigenvalue weighted by molar-refractivity contribution is -0.136. The van der Waals surface area contributed by atoms with Crippen LogP contribution in [-0.4, -0.2) is 65.9 Å². The molecule has 8 heteroatoms. The molecule has 2 fully saturated rings. The third kappa shape index (κ3) is 6.03. The van der Waals surface area contributed by atoms with Crippen LogP contribution in [0, 0.1) is 17.8 Å². The summed E-state index contributed by atoms with van der Waals surface area (Å²) in [5.41, 5.74) is 1.30. The van der Waals surface area contributed by atoms with E-state index >= 15 is 0 Å². The monoisotopic (exact) mass is 494 g/mol. The second kappa shape index (κ2) is 11.1. The van der Waals surface area contributed by atoms with Gasteiger partial charge in [-0.15, -0.1) is 12.4 Å². The fraction of sp³-hybridized carbons (Fsp3) is 0.600. The highest BCUT2D eigenvalue weighted by Gasteiger charge is 2.34. The van der Waals surface area contributed by atoms with Gasteiger partial charge in [0, 0.05) is 29.0 Å². The van der Waals surface area contributed by atoms with Crippen LogP contribution in [0.5, 0.6) is 0 Å². The van der Waals surface area contributed by atoms with E-state index in [9.17, 15) is 9.59 Å². The van der Waals surface area contributed by atoms with Gasteiger partial charge < -0.3 is 20.1 Å². The number of rotatable bonds is 5. The van der Waals surface area contributed by atoms with Crippen molar-refractivity contribution in [3.05, 3.63) is 35.0 Å². The lowest BCUT2D eigenvalue weighted by atomic mass is 9.78. The standard InChI is InChI=1S/C25H35ClN4O2.ClH/c1-16(2)23(28-24(31)22-15-19-14-20(26)4-5-21(19)27-22)25(32)30-12-8-18(9-13-30)17-6-10-29(3)11-7-17;/h4-5,14-18,23,27H,6-13H2,1-3H3,(H,28,31);1H/t23-;/m1./s1. The van der Waals surface area contributed by atoms with Crippen molar-refractivity contribution in [1.82, 2.24) is 20.1 Å². The largest absolute Gasteiger partial charge is 0.351 e. The summed E-state index contributed by atoms with van der Waals surface area (Å²) in [6, 6.07) is 6.72. The topological polar surface area (TPSA) is 68.4 Å². The van der Waals surface area contributed by atoms with E-state index < -0.39 is 6.04 Å². The molecule has 0 aliphatic carbocycles. The van der Waals surface area contributed by atoms with Crippen LogP contribution in [0.25, 0.3) is 10.9 Å². The number of amides is 2. The van der Waals surface area contributed by atoms with Gasteiger partial charge in [0.15, 0.2) is 0 Å². The number of fused-ring (bicyclic) bond motifs is 1. The number of halogens is 2. The molecule has 4 rings (SSSR count). The van der Waals surface area contributed by atoms with Gasteiger partial charge in [-0.1, -0.05) is 25.4 Å². The molecular formula is C25H36Cl2N4O2. The molecule has 0 bridgehead atoms. The van der Waals surface area contributed by atoms with Gasteiger partial charge in [-0.05, 0) is 87.8 Å². The minimum Gasteiger partial charge on any atom is -0.351 e. The van der Waals surface area contributed by atoms with Crippen LogP contribution < -0.4 is 5.32 Å². The van der Waals surface area contributed by atoms with E-state index in [1.165, 1.54) is 25.9 Å². The molecule has 2 aromatic rings. The number of aromatic amines is 1. The smallest absolute Gasteiger partial charge is 0.268 e. The van der Waals surface area contributed by atoms with Crippen molar-refractivity contribution in [2.45, 2.75) is 45.6 Å². The summed E-state index contributed by atoms with van der Waals surface area (Å²) < 4.78 is 0. The van der Waals surface area contributed by atoms with Crippen LogP contribution in [0.2, 0.25) is 5.02 Å². The zero-order chi connectivity index (χ0) is 22.8. The highest BCUT2D eigenvalue weighted by Crippen LogP contribution is 2.32. The maximum atomic E-state index is 13.3. The first kappa shape index (κ1) is 25.9. The number of hydrogen-bond acceptors (Lipinski definition) is 3. The lowest BCUT2D eigenvalue weighted by Crippen LogP contribution is -2.53. The van der Waals surface area contributed by atoms with Crippen LogP contribution in [0.3, 0.4) is 0 Å². The second-order valence-corrected chi connectivity index (χ2v) is 10.3. The molecule has 33 heavy (non-hydrogen) atoms. The zero-order valence-electron chi connectivity index (χ0n) is 19.8. The van der Waals surface area contributed by atoms with E-state index in [0.717, 1.165) is 48.7 Å². The Bertz CT molecular complexity index is 960. The van der Waals surface area contributed by atoms with Crippen molar-refractivity contribution in [3.63, 3.8) is 0 Å². The fourth-order valence-electron chi connectivity index (χ4n) is 5.25. The summed E-state index contributed by atoms with van der Waals surface area (Å²) in [5, 5.41) is 4.49. The van der Waals surface area contributed by atoms with Gasteiger partial charge in [-0.25, -0.2) is 0 Å². The molecule has 0 saturated carbocycles. The molecule has 2 amide bonds. The minimum absolute atomic E-state index is 0. The van der Waals surface area contributed by atoms with E-state index in [1.54, 1.807) is 12.1 Å². The third-order valence-corrected chi connectivity index (χ3v) is 7.56. The Labute approximate surface area is 207 Å². The number of nitrogens with zero attached hydrogens (tertiary/aromatic N) is 2. The van der Waals surface area contributed by atoms with Crippen molar-refractivity contribution in [2.75, 3.05) is 33.2 Å².